The molecule has 0 bridgehead atoms. The first kappa shape index (κ1) is 21.0. The molecule has 0 aliphatic carbocycles. The summed E-state index contributed by atoms with van der Waals surface area (Å²) in [4.78, 5) is 32.5. The number of alkyl carbamates (subject to hydrolysis) is 1. The third kappa shape index (κ3) is 5.63. The quantitative estimate of drug-likeness (QED) is 0.532. The van der Waals surface area contributed by atoms with E-state index >= 15 is 0 Å². The monoisotopic (exact) mass is 413 g/mol. The van der Waals surface area contributed by atoms with Gasteiger partial charge in [0.15, 0.2) is 5.82 Å². The minimum absolute atomic E-state index is 0.116. The van der Waals surface area contributed by atoms with Crippen molar-refractivity contribution in [2.45, 2.75) is 33.4 Å². The number of hydrogen-bond acceptors (Lipinski definition) is 8. The number of carbonyl (C=O) groups excluding carboxylic acids is 2. The molecule has 3 rings (SSSR count). The molecule has 0 aliphatic rings. The molecule has 0 spiro atoms. The molecule has 2 heterocycles. The average Bonchev–Trinajstić information content (AvgIpc) is 3.40. The molecule has 0 saturated heterocycles. The van der Waals surface area contributed by atoms with E-state index in [1.807, 2.05) is 51.1 Å². The highest BCUT2D eigenvalue weighted by Crippen LogP contribution is 2.32. The van der Waals surface area contributed by atoms with Gasteiger partial charge in [0, 0.05) is 0 Å². The zero-order valence-electron chi connectivity index (χ0n) is 16.9. The Balaban J connectivity index is 1.55. The Kier molecular flexibility index (Phi) is 6.40. The fourth-order valence-corrected chi connectivity index (χ4v) is 2.55. The van der Waals surface area contributed by atoms with Gasteiger partial charge in [0.1, 0.15) is 25.5 Å². The summed E-state index contributed by atoms with van der Waals surface area (Å²) in [5.41, 5.74) is 0.415. The lowest BCUT2D eigenvalue weighted by atomic mass is 9.86. The van der Waals surface area contributed by atoms with E-state index in [2.05, 4.69) is 36.0 Å². The fourth-order valence-electron chi connectivity index (χ4n) is 2.55. The van der Waals surface area contributed by atoms with Gasteiger partial charge in [-0.05, 0) is 11.0 Å². The summed E-state index contributed by atoms with van der Waals surface area (Å²) in [5.74, 6) is 0.375. The fraction of sp³-hybridized carbons (Fsp3) is 0.368. The van der Waals surface area contributed by atoms with E-state index in [4.69, 9.17) is 9.26 Å². The first-order valence-electron chi connectivity index (χ1n) is 9.26. The highest BCUT2D eigenvalue weighted by molar-refractivity contribution is 5.82. The standard InChI is InChI=1S/C19H23N7O4/c1-19(2,3)14(17-24-16(26-30-17)15-21-11-22-25-15)23-13(27)9-20-18(28)29-10-12-7-5-4-6-8-12/h4-8,11,14H,9-10H2,1-3H3,(H,20,28)(H,23,27)(H,21,22,25)/t14-/m1/s1. The highest BCUT2D eigenvalue weighted by Gasteiger charge is 2.33. The summed E-state index contributed by atoms with van der Waals surface area (Å²) in [6, 6.07) is 8.66. The van der Waals surface area contributed by atoms with Crippen LogP contribution in [0.5, 0.6) is 0 Å². The van der Waals surface area contributed by atoms with E-state index in [-0.39, 0.29) is 24.9 Å². The Bertz CT molecular complexity index is 964. The van der Waals surface area contributed by atoms with Crippen molar-refractivity contribution in [3.05, 3.63) is 48.1 Å². The molecular weight excluding hydrogens is 390 g/mol. The molecular formula is C19H23N7O4. The van der Waals surface area contributed by atoms with Gasteiger partial charge in [0.05, 0.1) is 0 Å². The van der Waals surface area contributed by atoms with Gasteiger partial charge in [0.2, 0.25) is 17.6 Å². The van der Waals surface area contributed by atoms with Gasteiger partial charge in [-0.3, -0.25) is 9.89 Å². The lowest BCUT2D eigenvalue weighted by Crippen LogP contribution is -2.42. The van der Waals surface area contributed by atoms with Crippen molar-refractivity contribution in [2.75, 3.05) is 6.54 Å². The zero-order chi connectivity index (χ0) is 21.6. The van der Waals surface area contributed by atoms with Crippen molar-refractivity contribution in [3.63, 3.8) is 0 Å². The minimum atomic E-state index is -0.688. The Labute approximate surface area is 172 Å². The number of nitrogens with zero attached hydrogens (tertiary/aromatic N) is 4. The highest BCUT2D eigenvalue weighted by atomic mass is 16.5. The van der Waals surface area contributed by atoms with Gasteiger partial charge in [0.25, 0.3) is 0 Å². The first-order valence-corrected chi connectivity index (χ1v) is 9.26. The van der Waals surface area contributed by atoms with Crippen LogP contribution < -0.4 is 10.6 Å². The third-order valence-corrected chi connectivity index (χ3v) is 4.09. The second-order valence-corrected chi connectivity index (χ2v) is 7.57. The van der Waals surface area contributed by atoms with E-state index in [0.717, 1.165) is 5.56 Å². The van der Waals surface area contributed by atoms with Crippen LogP contribution in [0.2, 0.25) is 0 Å². The minimum Gasteiger partial charge on any atom is -0.445 e. The molecule has 0 aliphatic heterocycles. The van der Waals surface area contributed by atoms with Crippen LogP contribution in [-0.2, 0) is 16.1 Å². The van der Waals surface area contributed by atoms with Crippen molar-refractivity contribution in [3.8, 4) is 11.6 Å². The van der Waals surface area contributed by atoms with Gasteiger partial charge < -0.3 is 19.9 Å². The Morgan fingerprint density at radius 2 is 2.00 bits per heavy atom. The number of ether oxygens (including phenoxy) is 1. The molecule has 0 saturated carbocycles. The van der Waals surface area contributed by atoms with Crippen LogP contribution >= 0.6 is 0 Å². The first-order chi connectivity index (χ1) is 14.3. The van der Waals surface area contributed by atoms with Crippen LogP contribution in [-0.4, -0.2) is 43.9 Å². The molecule has 2 amide bonds. The van der Waals surface area contributed by atoms with Crippen molar-refractivity contribution in [1.29, 1.82) is 0 Å². The lowest BCUT2D eigenvalue weighted by molar-refractivity contribution is -0.122. The van der Waals surface area contributed by atoms with Crippen LogP contribution in [0.3, 0.4) is 0 Å². The second-order valence-electron chi connectivity index (χ2n) is 7.57. The van der Waals surface area contributed by atoms with Crippen LogP contribution in [0.25, 0.3) is 11.6 Å². The molecule has 0 unspecified atom stereocenters. The van der Waals surface area contributed by atoms with Crippen molar-refractivity contribution in [2.24, 2.45) is 5.41 Å². The Morgan fingerprint density at radius 1 is 1.23 bits per heavy atom. The molecule has 30 heavy (non-hydrogen) atoms. The number of aromatic nitrogens is 5. The summed E-state index contributed by atoms with van der Waals surface area (Å²) in [7, 11) is 0. The van der Waals surface area contributed by atoms with E-state index in [1.54, 1.807) is 0 Å². The summed E-state index contributed by atoms with van der Waals surface area (Å²) >= 11 is 0. The Hall–Kier alpha value is -3.76. The molecule has 3 aromatic rings. The van der Waals surface area contributed by atoms with Crippen molar-refractivity contribution >= 4 is 12.0 Å². The van der Waals surface area contributed by atoms with E-state index in [1.165, 1.54) is 6.33 Å². The van der Waals surface area contributed by atoms with Crippen LogP contribution in [0, 0.1) is 5.41 Å². The number of rotatable bonds is 7. The smallest absolute Gasteiger partial charge is 0.407 e. The number of H-pyrrole nitrogens is 1. The predicted molar refractivity (Wildman–Crippen MR) is 105 cm³/mol. The van der Waals surface area contributed by atoms with Crippen molar-refractivity contribution < 1.29 is 18.8 Å². The summed E-state index contributed by atoms with van der Waals surface area (Å²) in [5, 5.41) is 15.5. The van der Waals surface area contributed by atoms with Gasteiger partial charge in [-0.1, -0.05) is 56.3 Å². The van der Waals surface area contributed by atoms with Crippen LogP contribution in [0.1, 0.15) is 38.3 Å². The maximum absolute atomic E-state index is 12.4. The number of carbonyl (C=O) groups is 2. The predicted octanol–water partition coefficient (Wildman–Crippen LogP) is 1.98. The molecule has 0 fully saturated rings. The van der Waals surface area contributed by atoms with Crippen LogP contribution in [0.4, 0.5) is 4.79 Å². The molecule has 2 aromatic heterocycles. The van der Waals surface area contributed by atoms with Gasteiger partial charge in [-0.25, -0.2) is 9.78 Å². The lowest BCUT2D eigenvalue weighted by Gasteiger charge is -2.28. The average molecular weight is 413 g/mol. The number of benzene rings is 1. The molecule has 158 valence electrons. The topological polar surface area (TPSA) is 148 Å². The van der Waals surface area contributed by atoms with Gasteiger partial charge >= 0.3 is 6.09 Å². The molecule has 3 N–H and O–H groups in total. The largest absolute Gasteiger partial charge is 0.445 e. The maximum Gasteiger partial charge on any atom is 0.407 e. The zero-order valence-corrected chi connectivity index (χ0v) is 16.9. The third-order valence-electron chi connectivity index (χ3n) is 4.09. The van der Waals surface area contributed by atoms with E-state index in [9.17, 15) is 9.59 Å². The summed E-state index contributed by atoms with van der Waals surface area (Å²) in [6.45, 7) is 5.60. The number of aromatic amines is 1. The van der Waals surface area contributed by atoms with Crippen LogP contribution in [0.15, 0.2) is 41.2 Å². The summed E-state index contributed by atoms with van der Waals surface area (Å²) < 4.78 is 10.4. The van der Waals surface area contributed by atoms with E-state index < -0.39 is 23.5 Å². The Morgan fingerprint density at radius 3 is 2.67 bits per heavy atom. The van der Waals surface area contributed by atoms with E-state index in [0.29, 0.717) is 5.82 Å². The maximum atomic E-state index is 12.4. The number of nitrogens with one attached hydrogen (secondary N) is 3. The SMILES string of the molecule is CC(C)(C)[C@H](NC(=O)CNC(=O)OCc1ccccc1)c1nc(-c2ncn[nH]2)no1. The molecule has 11 heteroatoms. The number of amides is 2. The van der Waals surface area contributed by atoms with Gasteiger partial charge in [-0.2, -0.15) is 10.1 Å². The molecule has 0 radical (unpaired) electrons. The second kappa shape index (κ2) is 9.16. The molecule has 1 aromatic carbocycles. The van der Waals surface area contributed by atoms with Gasteiger partial charge in [-0.15, -0.1) is 0 Å². The van der Waals surface area contributed by atoms with Crippen molar-refractivity contribution in [1.82, 2.24) is 36.0 Å². The molecule has 11 nitrogen and oxygen atoms in total. The molecule has 1 atom stereocenters. The summed E-state index contributed by atoms with van der Waals surface area (Å²) in [6.07, 6.45) is 0.642. The number of hydrogen-bond donors (Lipinski definition) is 3. The normalized spacial score (nSPS) is 12.2.